The van der Waals surface area contributed by atoms with E-state index >= 15 is 0 Å². The Bertz CT molecular complexity index is 627. The van der Waals surface area contributed by atoms with Crippen LogP contribution in [0.3, 0.4) is 0 Å². The van der Waals surface area contributed by atoms with Gasteiger partial charge in [0.05, 0.1) is 5.56 Å². The number of nitrogens with zero attached hydrogens (tertiary/aromatic N) is 2. The van der Waals surface area contributed by atoms with E-state index in [1.807, 2.05) is 0 Å². The third-order valence-electron chi connectivity index (χ3n) is 2.82. The first kappa shape index (κ1) is 15.0. The second kappa shape index (κ2) is 5.96. The number of alkyl halides is 3. The monoisotopic (exact) mass is 297 g/mol. The lowest BCUT2D eigenvalue weighted by Crippen LogP contribution is -2.13. The molecule has 0 aliphatic rings. The largest absolute Gasteiger partial charge is 0.416 e. The minimum absolute atomic E-state index is 0.214. The predicted octanol–water partition coefficient (Wildman–Crippen LogP) is 2.70. The van der Waals surface area contributed by atoms with Crippen molar-refractivity contribution in [2.24, 2.45) is 5.84 Å². The maximum absolute atomic E-state index is 12.6. The number of nitrogens with one attached hydrogen (secondary N) is 2. The summed E-state index contributed by atoms with van der Waals surface area (Å²) < 4.78 is 37.9. The first-order chi connectivity index (χ1) is 9.90. The lowest BCUT2D eigenvalue weighted by molar-refractivity contribution is -0.137. The Morgan fingerprint density at radius 1 is 1.29 bits per heavy atom. The Hall–Kier alpha value is -2.35. The van der Waals surface area contributed by atoms with Gasteiger partial charge in [0.25, 0.3) is 0 Å². The maximum atomic E-state index is 12.6. The van der Waals surface area contributed by atoms with Crippen LogP contribution in [0.5, 0.6) is 0 Å². The molecule has 0 unspecified atom stereocenters. The lowest BCUT2D eigenvalue weighted by atomic mass is 10.1. The molecule has 0 bridgehead atoms. The number of rotatable bonds is 4. The molecule has 0 radical (unpaired) electrons. The molecule has 112 valence electrons. The number of nitrogen functional groups attached to an aromatic ring is 1. The molecule has 1 aromatic heterocycles. The van der Waals surface area contributed by atoms with Crippen molar-refractivity contribution in [2.75, 3.05) is 10.7 Å². The topological polar surface area (TPSA) is 75.9 Å². The van der Waals surface area contributed by atoms with E-state index in [2.05, 4.69) is 20.7 Å². The molecule has 8 heteroatoms. The number of aromatic nitrogens is 2. The van der Waals surface area contributed by atoms with Crippen LogP contribution in [0.15, 0.2) is 30.5 Å². The average molecular weight is 297 g/mol. The highest BCUT2D eigenvalue weighted by Crippen LogP contribution is 2.29. The summed E-state index contributed by atoms with van der Waals surface area (Å²) in [6.45, 7) is 2.00. The summed E-state index contributed by atoms with van der Waals surface area (Å²) in [5.74, 6) is 5.95. The van der Waals surface area contributed by atoms with Crippen LogP contribution in [0.4, 0.5) is 24.9 Å². The minimum atomic E-state index is -4.35. The first-order valence-corrected chi connectivity index (χ1v) is 6.10. The van der Waals surface area contributed by atoms with Crippen molar-refractivity contribution in [1.82, 2.24) is 9.97 Å². The first-order valence-electron chi connectivity index (χ1n) is 6.10. The summed E-state index contributed by atoms with van der Waals surface area (Å²) >= 11 is 0. The molecule has 2 aromatic rings. The lowest BCUT2D eigenvalue weighted by Gasteiger charge is -2.11. The summed E-state index contributed by atoms with van der Waals surface area (Å²) in [6, 6.07) is 5.13. The van der Waals surface area contributed by atoms with Crippen LogP contribution in [-0.4, -0.2) is 9.97 Å². The van der Waals surface area contributed by atoms with Crippen molar-refractivity contribution >= 4 is 11.8 Å². The fourth-order valence-electron chi connectivity index (χ4n) is 1.73. The van der Waals surface area contributed by atoms with Crippen molar-refractivity contribution in [3.05, 3.63) is 47.2 Å². The van der Waals surface area contributed by atoms with Gasteiger partial charge in [-0.1, -0.05) is 12.1 Å². The van der Waals surface area contributed by atoms with Crippen molar-refractivity contribution in [2.45, 2.75) is 19.6 Å². The van der Waals surface area contributed by atoms with Gasteiger partial charge in [-0.15, -0.1) is 0 Å². The molecule has 0 aliphatic heterocycles. The van der Waals surface area contributed by atoms with Crippen LogP contribution in [0.25, 0.3) is 0 Å². The Morgan fingerprint density at radius 2 is 2.05 bits per heavy atom. The Morgan fingerprint density at radius 3 is 2.71 bits per heavy atom. The van der Waals surface area contributed by atoms with Gasteiger partial charge in [-0.2, -0.15) is 18.2 Å². The van der Waals surface area contributed by atoms with Crippen LogP contribution in [0.2, 0.25) is 0 Å². The summed E-state index contributed by atoms with van der Waals surface area (Å²) in [5.41, 5.74) is 2.90. The standard InChI is InChI=1S/C13H14F3N5/c1-8-6-19-12(21-17)20-11(8)18-7-9-3-2-4-10(5-9)13(14,15)16/h2-6H,7,17H2,1H3,(H2,18,19,20,21). The molecule has 0 amide bonds. The molecule has 1 aromatic carbocycles. The molecule has 0 atom stereocenters. The van der Waals surface area contributed by atoms with Gasteiger partial charge in [-0.3, -0.25) is 5.43 Å². The normalized spacial score (nSPS) is 11.3. The van der Waals surface area contributed by atoms with Gasteiger partial charge in [0.2, 0.25) is 5.95 Å². The van der Waals surface area contributed by atoms with Crippen LogP contribution in [0, 0.1) is 6.92 Å². The zero-order valence-electron chi connectivity index (χ0n) is 11.2. The third-order valence-corrected chi connectivity index (χ3v) is 2.82. The van der Waals surface area contributed by atoms with E-state index in [9.17, 15) is 13.2 Å². The van der Waals surface area contributed by atoms with Gasteiger partial charge in [-0.25, -0.2) is 10.8 Å². The molecular formula is C13H14F3N5. The molecule has 0 fully saturated rings. The van der Waals surface area contributed by atoms with Crippen LogP contribution < -0.4 is 16.6 Å². The number of hydrazine groups is 1. The average Bonchev–Trinajstić information content (AvgIpc) is 2.46. The van der Waals surface area contributed by atoms with E-state index < -0.39 is 11.7 Å². The number of benzene rings is 1. The Balaban J connectivity index is 2.13. The molecule has 0 spiro atoms. The predicted molar refractivity (Wildman–Crippen MR) is 73.3 cm³/mol. The highest BCUT2D eigenvalue weighted by molar-refractivity contribution is 5.46. The van der Waals surface area contributed by atoms with Gasteiger partial charge in [0.1, 0.15) is 5.82 Å². The molecule has 2 rings (SSSR count). The zero-order valence-corrected chi connectivity index (χ0v) is 11.2. The van der Waals surface area contributed by atoms with Crippen molar-refractivity contribution in [3.8, 4) is 0 Å². The highest BCUT2D eigenvalue weighted by atomic mass is 19.4. The summed E-state index contributed by atoms with van der Waals surface area (Å²) in [4.78, 5) is 8.02. The quantitative estimate of drug-likeness (QED) is 0.597. The summed E-state index contributed by atoms with van der Waals surface area (Å²) in [5, 5.41) is 2.97. The molecule has 1 heterocycles. The Labute approximate surface area is 119 Å². The van der Waals surface area contributed by atoms with Crippen LogP contribution >= 0.6 is 0 Å². The number of nitrogens with two attached hydrogens (primary N) is 1. The zero-order chi connectivity index (χ0) is 15.5. The molecule has 0 saturated carbocycles. The van der Waals surface area contributed by atoms with Gasteiger partial charge >= 0.3 is 6.18 Å². The van der Waals surface area contributed by atoms with Crippen LogP contribution in [-0.2, 0) is 12.7 Å². The van der Waals surface area contributed by atoms with Crippen molar-refractivity contribution < 1.29 is 13.2 Å². The van der Waals surface area contributed by atoms with E-state index in [0.29, 0.717) is 11.4 Å². The number of hydrogen-bond acceptors (Lipinski definition) is 5. The van der Waals surface area contributed by atoms with E-state index in [0.717, 1.165) is 17.7 Å². The minimum Gasteiger partial charge on any atom is -0.366 e. The SMILES string of the molecule is Cc1cnc(NN)nc1NCc1cccc(C(F)(F)F)c1. The maximum Gasteiger partial charge on any atom is 0.416 e. The van der Waals surface area contributed by atoms with Gasteiger partial charge in [0, 0.05) is 18.3 Å². The fraction of sp³-hybridized carbons (Fsp3) is 0.231. The molecule has 5 nitrogen and oxygen atoms in total. The third kappa shape index (κ3) is 3.82. The van der Waals surface area contributed by atoms with E-state index in [-0.39, 0.29) is 12.5 Å². The van der Waals surface area contributed by atoms with Gasteiger partial charge < -0.3 is 5.32 Å². The van der Waals surface area contributed by atoms with E-state index in [1.165, 1.54) is 6.07 Å². The second-order valence-corrected chi connectivity index (χ2v) is 4.42. The van der Waals surface area contributed by atoms with E-state index in [4.69, 9.17) is 5.84 Å². The molecule has 0 saturated heterocycles. The highest BCUT2D eigenvalue weighted by Gasteiger charge is 2.30. The number of halogens is 3. The number of hydrogen-bond donors (Lipinski definition) is 3. The number of anilines is 2. The molecule has 21 heavy (non-hydrogen) atoms. The summed E-state index contributed by atoms with van der Waals surface area (Å²) in [7, 11) is 0. The smallest absolute Gasteiger partial charge is 0.366 e. The fourth-order valence-corrected chi connectivity index (χ4v) is 1.73. The Kier molecular flexibility index (Phi) is 4.27. The second-order valence-electron chi connectivity index (χ2n) is 4.42. The number of aryl methyl sites for hydroxylation is 1. The summed E-state index contributed by atoms with van der Waals surface area (Å²) in [6.07, 6.45) is -2.78. The molecular weight excluding hydrogens is 283 g/mol. The molecule has 4 N–H and O–H groups in total. The van der Waals surface area contributed by atoms with Crippen LogP contribution in [0.1, 0.15) is 16.7 Å². The van der Waals surface area contributed by atoms with Crippen molar-refractivity contribution in [1.29, 1.82) is 0 Å². The molecule has 0 aliphatic carbocycles. The van der Waals surface area contributed by atoms with E-state index in [1.54, 1.807) is 19.2 Å². The van der Waals surface area contributed by atoms with Gasteiger partial charge in [0.15, 0.2) is 0 Å². The van der Waals surface area contributed by atoms with Gasteiger partial charge in [-0.05, 0) is 24.6 Å². The van der Waals surface area contributed by atoms with Crippen molar-refractivity contribution in [3.63, 3.8) is 0 Å².